The normalized spacial score (nSPS) is 17.3. The van der Waals surface area contributed by atoms with Gasteiger partial charge in [-0.05, 0) is 43.2 Å². The number of aliphatic imine (C=N–C) groups is 1. The number of hydrogen-bond donors (Lipinski definition) is 3. The molecule has 1 fully saturated rings. The zero-order valence-electron chi connectivity index (χ0n) is 16.3. The Kier molecular flexibility index (Phi) is 6.87. The van der Waals surface area contributed by atoms with E-state index in [1.807, 2.05) is 24.3 Å². The van der Waals surface area contributed by atoms with E-state index in [1.54, 1.807) is 26.3 Å². The van der Waals surface area contributed by atoms with E-state index in [0.717, 1.165) is 42.2 Å². The number of phenolic OH excluding ortho intramolecular Hbond substituents is 1. The first-order valence-corrected chi connectivity index (χ1v) is 9.81. The lowest BCUT2D eigenvalue weighted by Gasteiger charge is -2.35. The number of rotatable bonds is 5. The van der Waals surface area contributed by atoms with Crippen molar-refractivity contribution in [3.63, 3.8) is 0 Å². The average molecular weight is 403 g/mol. The Morgan fingerprint density at radius 2 is 2.14 bits per heavy atom. The summed E-state index contributed by atoms with van der Waals surface area (Å²) in [4.78, 5) is 6.63. The summed E-state index contributed by atoms with van der Waals surface area (Å²) in [6, 6.07) is 13.4. The molecular formula is C21H27ClN4O2. The molecule has 3 N–H and O–H groups in total. The summed E-state index contributed by atoms with van der Waals surface area (Å²) in [5.74, 6) is 1.64. The summed E-state index contributed by atoms with van der Waals surface area (Å²) in [6.07, 6.45) is 2.14. The fourth-order valence-electron chi connectivity index (χ4n) is 3.42. The lowest BCUT2D eigenvalue weighted by atomic mass is 10.0. The van der Waals surface area contributed by atoms with Crippen LogP contribution in [0.2, 0.25) is 5.02 Å². The molecule has 0 spiro atoms. The van der Waals surface area contributed by atoms with Gasteiger partial charge in [-0.2, -0.15) is 0 Å². The van der Waals surface area contributed by atoms with Crippen LogP contribution in [-0.2, 0) is 6.54 Å². The third-order valence-electron chi connectivity index (χ3n) is 4.91. The number of ether oxygens (including phenoxy) is 1. The van der Waals surface area contributed by atoms with Gasteiger partial charge in [0.25, 0.3) is 0 Å². The van der Waals surface area contributed by atoms with Gasteiger partial charge in [0.2, 0.25) is 0 Å². The molecular weight excluding hydrogens is 376 g/mol. The Hall–Kier alpha value is -2.60. The number of piperidine rings is 1. The second-order valence-corrected chi connectivity index (χ2v) is 7.21. The summed E-state index contributed by atoms with van der Waals surface area (Å²) in [5.41, 5.74) is 1.82. The summed E-state index contributed by atoms with van der Waals surface area (Å²) >= 11 is 6.36. The zero-order chi connectivity index (χ0) is 19.9. The first-order valence-electron chi connectivity index (χ1n) is 9.43. The lowest BCUT2D eigenvalue weighted by molar-refractivity contribution is 0.410. The van der Waals surface area contributed by atoms with Crippen LogP contribution in [0.4, 0.5) is 5.69 Å². The van der Waals surface area contributed by atoms with Crippen LogP contribution in [0.15, 0.2) is 47.5 Å². The number of aromatic hydroxyl groups is 1. The predicted octanol–water partition coefficient (Wildman–Crippen LogP) is 3.39. The molecule has 1 heterocycles. The number of phenols is 1. The number of anilines is 1. The smallest absolute Gasteiger partial charge is 0.191 e. The van der Waals surface area contributed by atoms with Crippen LogP contribution in [-0.4, -0.2) is 44.4 Å². The topological polar surface area (TPSA) is 69.1 Å². The molecule has 150 valence electrons. The largest absolute Gasteiger partial charge is 0.508 e. The van der Waals surface area contributed by atoms with Crippen molar-refractivity contribution in [3.05, 3.63) is 53.1 Å². The zero-order valence-corrected chi connectivity index (χ0v) is 17.0. The predicted molar refractivity (Wildman–Crippen MR) is 115 cm³/mol. The number of benzene rings is 2. The van der Waals surface area contributed by atoms with Crippen molar-refractivity contribution in [2.75, 3.05) is 32.1 Å². The van der Waals surface area contributed by atoms with E-state index in [-0.39, 0.29) is 11.8 Å². The van der Waals surface area contributed by atoms with Gasteiger partial charge in [-0.25, -0.2) is 0 Å². The first kappa shape index (κ1) is 20.1. The van der Waals surface area contributed by atoms with Gasteiger partial charge in [0, 0.05) is 38.3 Å². The number of guanidine groups is 1. The molecule has 3 rings (SSSR count). The monoisotopic (exact) mass is 402 g/mol. The van der Waals surface area contributed by atoms with Crippen molar-refractivity contribution < 1.29 is 9.84 Å². The molecule has 2 aromatic rings. The van der Waals surface area contributed by atoms with Crippen molar-refractivity contribution >= 4 is 23.2 Å². The highest BCUT2D eigenvalue weighted by Crippen LogP contribution is 2.28. The molecule has 0 saturated carbocycles. The van der Waals surface area contributed by atoms with Crippen molar-refractivity contribution in [3.8, 4) is 11.5 Å². The Balaban J connectivity index is 1.59. The molecule has 1 unspecified atom stereocenters. The Morgan fingerprint density at radius 3 is 2.89 bits per heavy atom. The van der Waals surface area contributed by atoms with Gasteiger partial charge in [0.1, 0.15) is 11.5 Å². The van der Waals surface area contributed by atoms with Crippen molar-refractivity contribution in [2.24, 2.45) is 4.99 Å². The van der Waals surface area contributed by atoms with Crippen LogP contribution in [0.5, 0.6) is 11.5 Å². The quantitative estimate of drug-likeness (QED) is 0.528. The molecule has 1 aliphatic rings. The minimum absolute atomic E-state index is 0.228. The average Bonchev–Trinajstić information content (AvgIpc) is 2.72. The minimum atomic E-state index is 0.228. The van der Waals surface area contributed by atoms with Crippen molar-refractivity contribution in [2.45, 2.75) is 25.4 Å². The van der Waals surface area contributed by atoms with E-state index in [1.165, 1.54) is 0 Å². The Labute approximate surface area is 171 Å². The highest BCUT2D eigenvalue weighted by Gasteiger charge is 2.22. The number of nitrogens with zero attached hydrogens (tertiary/aromatic N) is 2. The molecule has 0 aliphatic carbocycles. The summed E-state index contributed by atoms with van der Waals surface area (Å²) in [7, 11) is 3.35. The van der Waals surface area contributed by atoms with E-state index in [2.05, 4.69) is 26.6 Å². The number of para-hydroxylation sites is 1. The molecule has 0 amide bonds. The Morgan fingerprint density at radius 1 is 1.32 bits per heavy atom. The summed E-state index contributed by atoms with van der Waals surface area (Å²) in [6.45, 7) is 2.30. The maximum absolute atomic E-state index is 10.0. The fraction of sp³-hybridized carbons (Fsp3) is 0.381. The highest BCUT2D eigenvalue weighted by atomic mass is 35.5. The van der Waals surface area contributed by atoms with E-state index in [0.29, 0.717) is 18.3 Å². The van der Waals surface area contributed by atoms with Crippen molar-refractivity contribution in [1.82, 2.24) is 10.6 Å². The first-order chi connectivity index (χ1) is 13.6. The van der Waals surface area contributed by atoms with E-state index in [4.69, 9.17) is 16.3 Å². The van der Waals surface area contributed by atoms with Crippen LogP contribution in [0, 0.1) is 0 Å². The summed E-state index contributed by atoms with van der Waals surface area (Å²) in [5, 5.41) is 17.6. The van der Waals surface area contributed by atoms with Crippen LogP contribution in [0.25, 0.3) is 0 Å². The van der Waals surface area contributed by atoms with E-state index in [9.17, 15) is 5.11 Å². The molecule has 1 saturated heterocycles. The second-order valence-electron chi connectivity index (χ2n) is 6.80. The molecule has 6 nitrogen and oxygen atoms in total. The number of halogens is 1. The van der Waals surface area contributed by atoms with Crippen molar-refractivity contribution in [1.29, 1.82) is 0 Å². The molecule has 1 atom stereocenters. The SMILES string of the molecule is CN=C(NCc1cc(OC)ccc1O)NC1CCCN(c2ccccc2Cl)C1. The van der Waals surface area contributed by atoms with Crippen LogP contribution >= 0.6 is 11.6 Å². The van der Waals surface area contributed by atoms with Gasteiger partial charge in [-0.15, -0.1) is 0 Å². The second kappa shape index (κ2) is 9.55. The molecule has 28 heavy (non-hydrogen) atoms. The maximum Gasteiger partial charge on any atom is 0.191 e. The van der Waals surface area contributed by atoms with Gasteiger partial charge < -0.3 is 25.4 Å². The fourth-order valence-corrected chi connectivity index (χ4v) is 3.67. The molecule has 7 heteroatoms. The minimum Gasteiger partial charge on any atom is -0.508 e. The highest BCUT2D eigenvalue weighted by molar-refractivity contribution is 6.33. The van der Waals surface area contributed by atoms with Crippen LogP contribution in [0.3, 0.4) is 0 Å². The van der Waals surface area contributed by atoms with Crippen LogP contribution in [0.1, 0.15) is 18.4 Å². The lowest BCUT2D eigenvalue weighted by Crippen LogP contribution is -2.51. The van der Waals surface area contributed by atoms with Gasteiger partial charge in [0.15, 0.2) is 5.96 Å². The third kappa shape index (κ3) is 5.01. The molecule has 0 bridgehead atoms. The van der Waals surface area contributed by atoms with Crippen LogP contribution < -0.4 is 20.3 Å². The Bertz CT molecular complexity index is 828. The standard InChI is InChI=1S/C21H27ClN4O2/c1-23-21(24-13-15-12-17(28-2)9-10-20(15)27)25-16-6-5-11-26(14-16)19-8-4-3-7-18(19)22/h3-4,7-10,12,16,27H,5-6,11,13-14H2,1-2H3,(H2,23,24,25). The van der Waals surface area contributed by atoms with E-state index < -0.39 is 0 Å². The van der Waals surface area contributed by atoms with Gasteiger partial charge in [-0.3, -0.25) is 4.99 Å². The van der Waals surface area contributed by atoms with Gasteiger partial charge in [-0.1, -0.05) is 23.7 Å². The molecule has 2 aromatic carbocycles. The number of hydrogen-bond acceptors (Lipinski definition) is 4. The van der Waals surface area contributed by atoms with E-state index >= 15 is 0 Å². The third-order valence-corrected chi connectivity index (χ3v) is 5.23. The maximum atomic E-state index is 10.0. The molecule has 0 radical (unpaired) electrons. The molecule has 0 aromatic heterocycles. The molecule has 1 aliphatic heterocycles. The number of nitrogens with one attached hydrogen (secondary N) is 2. The van der Waals surface area contributed by atoms with Gasteiger partial charge >= 0.3 is 0 Å². The summed E-state index contributed by atoms with van der Waals surface area (Å²) < 4.78 is 5.23. The number of methoxy groups -OCH3 is 1. The van der Waals surface area contributed by atoms with Gasteiger partial charge in [0.05, 0.1) is 17.8 Å².